The number of rotatable bonds is 22. The molecule has 4 amide bonds. The van der Waals surface area contributed by atoms with Crippen molar-refractivity contribution in [3.05, 3.63) is 86.3 Å². The predicted molar refractivity (Wildman–Crippen MR) is 334 cm³/mol. The molecule has 16 heteroatoms. The van der Waals surface area contributed by atoms with Gasteiger partial charge in [0.15, 0.2) is 11.6 Å². The third-order valence-corrected chi connectivity index (χ3v) is 17.2. The molecule has 6 aliphatic heterocycles. The molecular formula is C65H114N10O6. The molecule has 0 aliphatic carbocycles. The highest BCUT2D eigenvalue weighted by Gasteiger charge is 2.36. The molecule has 11 atom stereocenters. The maximum absolute atomic E-state index is 11.6. The van der Waals surface area contributed by atoms with Gasteiger partial charge in [-0.05, 0) is 120 Å². The number of carbonyl (C=O) groups is 6. The van der Waals surface area contributed by atoms with Crippen LogP contribution in [0, 0.1) is 41.4 Å². The molecule has 460 valence electrons. The monoisotopic (exact) mass is 1130 g/mol. The average molecular weight is 1130 g/mol. The number of nitrogens with two attached hydrogens (primary N) is 4. The van der Waals surface area contributed by atoms with Crippen molar-refractivity contribution >= 4 is 35.2 Å². The van der Waals surface area contributed by atoms with E-state index in [9.17, 15) is 28.8 Å². The van der Waals surface area contributed by atoms with E-state index in [1.54, 1.807) is 6.08 Å². The molecule has 6 heterocycles. The van der Waals surface area contributed by atoms with Gasteiger partial charge < -0.3 is 52.3 Å². The van der Waals surface area contributed by atoms with Crippen molar-refractivity contribution in [3.63, 3.8) is 0 Å². The Morgan fingerprint density at radius 1 is 0.580 bits per heavy atom. The average Bonchev–Trinajstić information content (AvgIpc) is 4.22. The summed E-state index contributed by atoms with van der Waals surface area (Å²) in [7, 11) is 0. The van der Waals surface area contributed by atoms with Crippen LogP contribution in [0.4, 0.5) is 0 Å². The van der Waals surface area contributed by atoms with Gasteiger partial charge in [0, 0.05) is 85.8 Å². The molecule has 6 rings (SSSR count). The summed E-state index contributed by atoms with van der Waals surface area (Å²) in [6.07, 6.45) is 15.8. The van der Waals surface area contributed by atoms with E-state index in [-0.39, 0.29) is 41.8 Å². The first-order valence-corrected chi connectivity index (χ1v) is 30.3. The summed E-state index contributed by atoms with van der Waals surface area (Å²) in [5, 5.41) is 0. The highest BCUT2D eigenvalue weighted by molar-refractivity contribution is 5.82. The van der Waals surface area contributed by atoms with Gasteiger partial charge in [0.25, 0.3) is 0 Å². The third-order valence-electron chi connectivity index (χ3n) is 17.2. The number of carbonyl (C=O) groups excluding carboxylic acids is 6. The fourth-order valence-electron chi connectivity index (χ4n) is 11.4. The quantitative estimate of drug-likeness (QED) is 0.0587. The predicted octanol–water partition coefficient (Wildman–Crippen LogP) is 9.65. The molecule has 6 fully saturated rings. The zero-order chi connectivity index (χ0) is 62.0. The van der Waals surface area contributed by atoms with Crippen LogP contribution in [0.2, 0.25) is 0 Å². The minimum Gasteiger partial charge on any atom is -0.368 e. The summed E-state index contributed by atoms with van der Waals surface area (Å²) >= 11 is 0. The molecule has 11 unspecified atom stereocenters. The van der Waals surface area contributed by atoms with Gasteiger partial charge in [0.2, 0.25) is 23.6 Å². The van der Waals surface area contributed by atoms with E-state index in [0.29, 0.717) is 85.1 Å². The second kappa shape index (κ2) is 36.6. The number of unbranched alkanes of at least 4 members (excludes halogenated alkanes) is 2. The van der Waals surface area contributed by atoms with Gasteiger partial charge in [0.1, 0.15) is 18.1 Å². The highest BCUT2D eigenvalue weighted by Crippen LogP contribution is 2.34. The Hall–Kier alpha value is -5.80. The Morgan fingerprint density at radius 2 is 1.11 bits per heavy atom. The second-order valence-corrected chi connectivity index (χ2v) is 24.2. The molecule has 8 N–H and O–H groups in total. The summed E-state index contributed by atoms with van der Waals surface area (Å²) in [4.78, 5) is 79.3. The number of ketones is 2. The van der Waals surface area contributed by atoms with Crippen LogP contribution in [-0.2, 0) is 28.8 Å². The minimum atomic E-state index is -0.280. The zero-order valence-electron chi connectivity index (χ0n) is 52.9. The largest absolute Gasteiger partial charge is 0.368 e. The first-order chi connectivity index (χ1) is 37.9. The van der Waals surface area contributed by atoms with E-state index in [2.05, 4.69) is 123 Å². The van der Waals surface area contributed by atoms with E-state index in [4.69, 9.17) is 22.9 Å². The van der Waals surface area contributed by atoms with Crippen LogP contribution < -0.4 is 22.9 Å². The summed E-state index contributed by atoms with van der Waals surface area (Å²) in [5.41, 5.74) is 27.4. The molecule has 0 spiro atoms. The lowest BCUT2D eigenvalue weighted by molar-refractivity contribution is -0.123. The van der Waals surface area contributed by atoms with Crippen molar-refractivity contribution < 1.29 is 28.8 Å². The van der Waals surface area contributed by atoms with Crippen LogP contribution in [0.3, 0.4) is 0 Å². The van der Waals surface area contributed by atoms with Crippen LogP contribution in [0.25, 0.3) is 0 Å². The summed E-state index contributed by atoms with van der Waals surface area (Å²) < 4.78 is 0. The smallest absolute Gasteiger partial charge is 0.240 e. The number of amides is 4. The lowest BCUT2D eigenvalue weighted by Gasteiger charge is -2.30. The van der Waals surface area contributed by atoms with Crippen molar-refractivity contribution in [2.75, 3.05) is 52.4 Å². The van der Waals surface area contributed by atoms with E-state index < -0.39 is 0 Å². The van der Waals surface area contributed by atoms with Crippen LogP contribution >= 0.6 is 0 Å². The number of primary amides is 4. The lowest BCUT2D eigenvalue weighted by Crippen LogP contribution is -2.44. The number of Topliss-reactive ketones (excluding diaryl/α,β-unsaturated/α-hetero) is 2. The summed E-state index contributed by atoms with van der Waals surface area (Å²) in [6.45, 7) is 58.8. The lowest BCUT2D eigenvalue weighted by atomic mass is 9.99. The highest BCUT2D eigenvalue weighted by atomic mass is 16.2. The Morgan fingerprint density at radius 3 is 1.48 bits per heavy atom. The first-order valence-electron chi connectivity index (χ1n) is 30.3. The van der Waals surface area contributed by atoms with Crippen LogP contribution in [-0.4, -0.2) is 141 Å². The maximum Gasteiger partial charge on any atom is 0.240 e. The van der Waals surface area contributed by atoms with Crippen molar-refractivity contribution in [1.82, 2.24) is 29.4 Å². The molecule has 0 radical (unpaired) electrons. The number of hydrogen-bond donors (Lipinski definition) is 4. The summed E-state index contributed by atoms with van der Waals surface area (Å²) in [6, 6.07) is -0.218. The fraction of sp³-hybridized carbons (Fsp3) is 0.692. The van der Waals surface area contributed by atoms with E-state index in [1.165, 1.54) is 25.7 Å². The van der Waals surface area contributed by atoms with Crippen LogP contribution in [0.15, 0.2) is 86.3 Å². The first kappa shape index (κ1) is 73.2. The molecule has 16 nitrogen and oxygen atoms in total. The molecular weight excluding hydrogens is 1020 g/mol. The Kier molecular flexibility index (Phi) is 33.1. The van der Waals surface area contributed by atoms with Crippen molar-refractivity contribution in [1.29, 1.82) is 0 Å². The van der Waals surface area contributed by atoms with Crippen molar-refractivity contribution in [2.24, 2.45) is 64.4 Å². The van der Waals surface area contributed by atoms with Gasteiger partial charge >= 0.3 is 0 Å². The Labute approximate surface area is 491 Å². The molecule has 81 heavy (non-hydrogen) atoms. The molecule has 0 bridgehead atoms. The van der Waals surface area contributed by atoms with Gasteiger partial charge in [-0.2, -0.15) is 0 Å². The van der Waals surface area contributed by atoms with Crippen LogP contribution in [0.1, 0.15) is 173 Å². The fourth-order valence-corrected chi connectivity index (χ4v) is 11.4. The number of allylic oxidation sites excluding steroid dienone is 7. The van der Waals surface area contributed by atoms with E-state index >= 15 is 0 Å². The Balaban J connectivity index is 0.000000487. The Bertz CT molecular complexity index is 2160. The third kappa shape index (κ3) is 24.3. The van der Waals surface area contributed by atoms with Gasteiger partial charge in [0.05, 0.1) is 19.6 Å². The second-order valence-electron chi connectivity index (χ2n) is 24.2. The molecule has 0 saturated carbocycles. The normalized spacial score (nSPS) is 25.0. The number of hydrogen-bond acceptors (Lipinski definition) is 12. The number of nitrogens with zero attached hydrogens (tertiary/aromatic N) is 6. The molecule has 0 aromatic rings. The SMILES string of the molecule is C=C1C(C)C(C)CN1CC(N)=O.C=C1C(C)CCN1CC(=O)CCCCC.C=C1CC(C)C(C)N1C(C)C(N)=O.C=C1CC(C)CN1C(C)C(N)=O.C=C1CC(CCC)CN1C(CC)C(N)=O.C=CCCC(=O)CN1CCC(C)C1=C. The van der Waals surface area contributed by atoms with Crippen LogP contribution in [0.5, 0.6) is 0 Å². The zero-order valence-corrected chi connectivity index (χ0v) is 52.9. The van der Waals surface area contributed by atoms with Gasteiger partial charge in [-0.25, -0.2) is 0 Å². The maximum atomic E-state index is 11.6. The van der Waals surface area contributed by atoms with Gasteiger partial charge in [-0.15, -0.1) is 6.58 Å². The van der Waals surface area contributed by atoms with Crippen molar-refractivity contribution in [2.45, 2.75) is 197 Å². The summed E-state index contributed by atoms with van der Waals surface area (Å²) in [5.74, 6) is 3.60. The molecule has 6 saturated heterocycles. The minimum absolute atomic E-state index is 0.153. The topological polar surface area (TPSA) is 226 Å². The molecule has 0 aromatic heterocycles. The van der Waals surface area contributed by atoms with Crippen molar-refractivity contribution in [3.8, 4) is 0 Å². The molecule has 0 aromatic carbocycles. The van der Waals surface area contributed by atoms with Gasteiger partial charge in [-0.3, -0.25) is 28.8 Å². The standard InChI is InChI=1S/C13H23NO.C12H22N2O.C12H19NO.C10H18N2O.2C9H16N2O/c1-4-5-6-7-13(15)10-14-9-8-11(2)12(14)3;1-4-6-10-7-9(3)14(8-10)11(5-2)12(13)15;1-4-5-6-12(14)9-13-8-7-10(2)11(13)3;1-6-5-7(2)12(8(6)3)9(4)10(11)13;1-6-4-11(5-9(10)12)8(3)7(6)2;1-6-4-7(2)11(5-6)8(3)9(10)12/h11H,3-10H2,1-2H3;10-11H,3-8H2,1-2H3,(H2,13,15);4,10H,1,3,5-9H2,2H3;6,8-9H,2,5H2,1,3-4H3,(H2,11,13);6-7H,3-5H2,1-2H3,(H2,10,12);6,8H,2,4-5H2,1,3H3,(H2,10,12). The molecule has 6 aliphatic rings. The van der Waals surface area contributed by atoms with E-state index in [1.807, 2.05) is 35.5 Å². The number of likely N-dealkylation sites (tertiary alicyclic amines) is 6. The van der Waals surface area contributed by atoms with E-state index in [0.717, 1.165) is 125 Å². The van der Waals surface area contributed by atoms with Gasteiger partial charge in [-0.1, -0.05) is 127 Å².